The van der Waals surface area contributed by atoms with E-state index in [2.05, 4.69) is 4.99 Å². The van der Waals surface area contributed by atoms with Gasteiger partial charge >= 0.3 is 0 Å². The molecule has 0 N–H and O–H groups in total. The Hall–Kier alpha value is -1.31. The van der Waals surface area contributed by atoms with Gasteiger partial charge in [-0.2, -0.15) is 0 Å². The topological polar surface area (TPSA) is 38.7 Å². The van der Waals surface area contributed by atoms with Crippen LogP contribution < -0.4 is 4.74 Å². The van der Waals surface area contributed by atoms with Crippen molar-refractivity contribution in [1.82, 2.24) is 0 Å². The average molecular weight is 224 g/mol. The van der Waals surface area contributed by atoms with E-state index in [4.69, 9.17) is 16.3 Å². The first-order chi connectivity index (χ1) is 7.20. The zero-order chi connectivity index (χ0) is 10.8. The van der Waals surface area contributed by atoms with Crippen molar-refractivity contribution in [1.29, 1.82) is 0 Å². The first-order valence-corrected chi connectivity index (χ1v) is 5.10. The monoisotopic (exact) mass is 223 g/mol. The molecule has 1 aliphatic heterocycles. The van der Waals surface area contributed by atoms with Gasteiger partial charge in [-0.15, -0.1) is 0 Å². The Bertz CT molecular complexity index is 438. The lowest BCUT2D eigenvalue weighted by molar-refractivity contribution is 0.252. The van der Waals surface area contributed by atoms with Gasteiger partial charge in [0.05, 0.1) is 6.54 Å². The molecule has 1 unspecified atom stereocenters. The summed E-state index contributed by atoms with van der Waals surface area (Å²) in [6.45, 7) is 2.28. The molecule has 0 aliphatic carbocycles. The molecule has 15 heavy (non-hydrogen) atoms. The van der Waals surface area contributed by atoms with Crippen LogP contribution in [0.1, 0.15) is 18.1 Å². The fourth-order valence-corrected chi connectivity index (χ4v) is 2.07. The van der Waals surface area contributed by atoms with E-state index in [0.29, 0.717) is 5.02 Å². The molecule has 1 atom stereocenters. The third-order valence-corrected chi connectivity index (χ3v) is 2.57. The molecule has 0 amide bonds. The average Bonchev–Trinajstić information content (AvgIpc) is 2.54. The molecule has 0 saturated carbocycles. The van der Waals surface area contributed by atoms with Gasteiger partial charge in [-0.1, -0.05) is 11.6 Å². The van der Waals surface area contributed by atoms with Crippen LogP contribution in [0.2, 0.25) is 5.02 Å². The second-order valence-corrected chi connectivity index (χ2v) is 4.03. The van der Waals surface area contributed by atoms with Crippen molar-refractivity contribution in [3.63, 3.8) is 0 Å². The quantitative estimate of drug-likeness (QED) is 0.571. The number of aliphatic imine (C=N–C) groups is 1. The molecule has 1 heterocycles. The SMILES string of the molecule is CC1Cc2cc(Cl)cc(CN=C=O)c2O1. The van der Waals surface area contributed by atoms with Crippen LogP contribution in [0, 0.1) is 0 Å². The highest BCUT2D eigenvalue weighted by atomic mass is 35.5. The number of rotatable bonds is 2. The summed E-state index contributed by atoms with van der Waals surface area (Å²) in [5.74, 6) is 0.825. The van der Waals surface area contributed by atoms with E-state index in [1.165, 1.54) is 6.08 Å². The smallest absolute Gasteiger partial charge is 0.235 e. The molecule has 0 bridgehead atoms. The van der Waals surface area contributed by atoms with Crippen LogP contribution in [-0.2, 0) is 17.8 Å². The van der Waals surface area contributed by atoms with Crippen molar-refractivity contribution in [3.05, 3.63) is 28.3 Å². The molecule has 3 nitrogen and oxygen atoms in total. The number of isocyanates is 1. The Morgan fingerprint density at radius 2 is 2.47 bits per heavy atom. The molecular formula is C11H10ClNO2. The molecule has 78 valence electrons. The zero-order valence-corrected chi connectivity index (χ0v) is 9.04. The van der Waals surface area contributed by atoms with Crippen LogP contribution in [0.25, 0.3) is 0 Å². The maximum Gasteiger partial charge on any atom is 0.235 e. The Labute approximate surface area is 92.7 Å². The van der Waals surface area contributed by atoms with Crippen molar-refractivity contribution < 1.29 is 9.53 Å². The predicted octanol–water partition coefficient (Wildman–Crippen LogP) is 2.50. The summed E-state index contributed by atoms with van der Waals surface area (Å²) in [4.78, 5) is 13.6. The third kappa shape index (κ3) is 2.04. The summed E-state index contributed by atoms with van der Waals surface area (Å²) in [6.07, 6.45) is 2.53. The van der Waals surface area contributed by atoms with Crippen LogP contribution in [-0.4, -0.2) is 12.2 Å². The Balaban J connectivity index is 2.42. The van der Waals surface area contributed by atoms with Crippen LogP contribution >= 0.6 is 11.6 Å². The van der Waals surface area contributed by atoms with Gasteiger partial charge in [-0.25, -0.2) is 9.79 Å². The summed E-state index contributed by atoms with van der Waals surface area (Å²) >= 11 is 5.96. The molecule has 1 aromatic carbocycles. The first-order valence-electron chi connectivity index (χ1n) is 4.72. The van der Waals surface area contributed by atoms with Crippen molar-refractivity contribution in [3.8, 4) is 5.75 Å². The van der Waals surface area contributed by atoms with Gasteiger partial charge < -0.3 is 4.74 Å². The van der Waals surface area contributed by atoms with E-state index in [1.807, 2.05) is 13.0 Å². The lowest BCUT2D eigenvalue weighted by Gasteiger charge is -2.07. The highest BCUT2D eigenvalue weighted by molar-refractivity contribution is 6.30. The fourth-order valence-electron chi connectivity index (χ4n) is 1.80. The Kier molecular flexibility index (Phi) is 2.76. The molecule has 4 heteroatoms. The summed E-state index contributed by atoms with van der Waals surface area (Å²) in [5, 5.41) is 0.655. The van der Waals surface area contributed by atoms with Crippen molar-refractivity contribution >= 4 is 17.7 Å². The molecule has 0 radical (unpaired) electrons. The maximum absolute atomic E-state index is 10.1. The molecule has 0 aromatic heterocycles. The van der Waals surface area contributed by atoms with Gasteiger partial charge in [-0.05, 0) is 24.6 Å². The number of benzene rings is 1. The summed E-state index contributed by atoms with van der Waals surface area (Å²) in [7, 11) is 0. The fraction of sp³-hybridized carbons (Fsp3) is 0.364. The number of carbonyl (C=O) groups excluding carboxylic acids is 1. The zero-order valence-electron chi connectivity index (χ0n) is 8.29. The largest absolute Gasteiger partial charge is 0.490 e. The van der Waals surface area contributed by atoms with Gasteiger partial charge in [0.15, 0.2) is 0 Å². The van der Waals surface area contributed by atoms with Crippen LogP contribution in [0.4, 0.5) is 0 Å². The van der Waals surface area contributed by atoms with E-state index >= 15 is 0 Å². The molecule has 1 aromatic rings. The maximum atomic E-state index is 10.1. The second-order valence-electron chi connectivity index (χ2n) is 3.59. The van der Waals surface area contributed by atoms with Gasteiger partial charge in [-0.3, -0.25) is 0 Å². The van der Waals surface area contributed by atoms with E-state index in [-0.39, 0.29) is 12.6 Å². The Morgan fingerprint density at radius 1 is 1.67 bits per heavy atom. The van der Waals surface area contributed by atoms with Crippen molar-refractivity contribution in [2.45, 2.75) is 26.0 Å². The summed E-state index contributed by atoms with van der Waals surface area (Å²) < 4.78 is 5.64. The van der Waals surface area contributed by atoms with Crippen molar-refractivity contribution in [2.75, 3.05) is 0 Å². The van der Waals surface area contributed by atoms with Gasteiger partial charge in [0.1, 0.15) is 11.9 Å². The minimum Gasteiger partial charge on any atom is -0.490 e. The van der Waals surface area contributed by atoms with Gasteiger partial charge in [0.2, 0.25) is 6.08 Å². The summed E-state index contributed by atoms with van der Waals surface area (Å²) in [6, 6.07) is 3.67. The molecule has 0 spiro atoms. The highest BCUT2D eigenvalue weighted by Crippen LogP contribution is 2.35. The predicted molar refractivity (Wildman–Crippen MR) is 57.1 cm³/mol. The lowest BCUT2D eigenvalue weighted by Crippen LogP contribution is -2.05. The number of hydrogen-bond donors (Lipinski definition) is 0. The molecule has 0 saturated heterocycles. The van der Waals surface area contributed by atoms with Gasteiger partial charge in [0, 0.05) is 17.0 Å². The number of nitrogens with zero attached hydrogens (tertiary/aromatic N) is 1. The molecular weight excluding hydrogens is 214 g/mol. The number of halogens is 1. The van der Waals surface area contributed by atoms with Crippen molar-refractivity contribution in [2.24, 2.45) is 4.99 Å². The van der Waals surface area contributed by atoms with Crippen LogP contribution in [0.3, 0.4) is 0 Å². The third-order valence-electron chi connectivity index (χ3n) is 2.35. The van der Waals surface area contributed by atoms with E-state index in [9.17, 15) is 4.79 Å². The second kappa shape index (κ2) is 4.05. The van der Waals surface area contributed by atoms with E-state index in [0.717, 1.165) is 23.3 Å². The van der Waals surface area contributed by atoms with E-state index in [1.54, 1.807) is 6.07 Å². The van der Waals surface area contributed by atoms with E-state index < -0.39 is 0 Å². The first kappa shape index (κ1) is 10.2. The highest BCUT2D eigenvalue weighted by Gasteiger charge is 2.22. The van der Waals surface area contributed by atoms with Crippen LogP contribution in [0.15, 0.2) is 17.1 Å². The van der Waals surface area contributed by atoms with Crippen LogP contribution in [0.5, 0.6) is 5.75 Å². The number of fused-ring (bicyclic) bond motifs is 1. The number of ether oxygens (including phenoxy) is 1. The molecule has 1 aliphatic rings. The minimum absolute atomic E-state index is 0.164. The Morgan fingerprint density at radius 3 is 3.20 bits per heavy atom. The minimum atomic E-state index is 0.164. The standard InChI is InChI=1S/C11H10ClNO2/c1-7-2-8-3-10(12)4-9(5-13-6-14)11(8)15-7/h3-4,7H,2,5H2,1H3. The normalized spacial score (nSPS) is 17.9. The molecule has 2 rings (SSSR count). The number of hydrogen-bond acceptors (Lipinski definition) is 3. The van der Waals surface area contributed by atoms with Gasteiger partial charge in [0.25, 0.3) is 0 Å². The lowest BCUT2D eigenvalue weighted by atomic mass is 10.1. The summed E-state index contributed by atoms with van der Waals surface area (Å²) in [5.41, 5.74) is 1.94. The molecule has 0 fully saturated rings.